The molecule has 1 heterocycles. The molecule has 16 heavy (non-hydrogen) atoms. The van der Waals surface area contributed by atoms with Crippen LogP contribution in [0.1, 0.15) is 32.6 Å². The van der Waals surface area contributed by atoms with E-state index in [1.807, 2.05) is 6.92 Å². The Hall–Kier alpha value is -1.03. The topological polar surface area (TPSA) is 49.8 Å². The van der Waals surface area contributed by atoms with E-state index in [1.165, 1.54) is 25.7 Å². The van der Waals surface area contributed by atoms with Crippen molar-refractivity contribution in [1.82, 2.24) is 9.97 Å². The fourth-order valence-corrected chi connectivity index (χ4v) is 2.12. The standard InChI is InChI=1S/C11H17ClN4/c1-2-13-11-14-7-9(12)10(16-11)15-8-5-3-4-6-8/h7-8H,2-6H2,1H3,(H2,13,14,15,16). The number of rotatable bonds is 4. The molecule has 0 amide bonds. The molecule has 1 fully saturated rings. The van der Waals surface area contributed by atoms with E-state index in [0.717, 1.165) is 12.4 Å². The van der Waals surface area contributed by atoms with Crippen LogP contribution < -0.4 is 10.6 Å². The summed E-state index contributed by atoms with van der Waals surface area (Å²) in [7, 11) is 0. The van der Waals surface area contributed by atoms with Crippen LogP contribution in [0.15, 0.2) is 6.20 Å². The number of nitrogens with zero attached hydrogens (tertiary/aromatic N) is 2. The van der Waals surface area contributed by atoms with Gasteiger partial charge >= 0.3 is 0 Å². The Balaban J connectivity index is 2.08. The maximum absolute atomic E-state index is 6.06. The smallest absolute Gasteiger partial charge is 0.224 e. The van der Waals surface area contributed by atoms with Crippen molar-refractivity contribution >= 4 is 23.4 Å². The highest BCUT2D eigenvalue weighted by Gasteiger charge is 2.16. The maximum Gasteiger partial charge on any atom is 0.224 e. The minimum Gasteiger partial charge on any atom is -0.366 e. The lowest BCUT2D eigenvalue weighted by atomic mass is 10.2. The molecule has 1 aromatic heterocycles. The van der Waals surface area contributed by atoms with Gasteiger partial charge in [-0.15, -0.1) is 0 Å². The van der Waals surface area contributed by atoms with Crippen molar-refractivity contribution in [2.45, 2.75) is 38.6 Å². The number of hydrogen-bond donors (Lipinski definition) is 2. The zero-order valence-electron chi connectivity index (χ0n) is 9.46. The molecule has 4 nitrogen and oxygen atoms in total. The van der Waals surface area contributed by atoms with Crippen LogP contribution in [0.3, 0.4) is 0 Å². The second kappa shape index (κ2) is 5.34. The predicted molar refractivity (Wildman–Crippen MR) is 67.1 cm³/mol. The van der Waals surface area contributed by atoms with Crippen molar-refractivity contribution in [3.63, 3.8) is 0 Å². The van der Waals surface area contributed by atoms with E-state index in [0.29, 0.717) is 17.0 Å². The van der Waals surface area contributed by atoms with Crippen molar-refractivity contribution in [3.8, 4) is 0 Å². The molecule has 0 radical (unpaired) electrons. The molecule has 0 aliphatic heterocycles. The molecule has 0 aromatic carbocycles. The Morgan fingerprint density at radius 3 is 2.88 bits per heavy atom. The van der Waals surface area contributed by atoms with Crippen molar-refractivity contribution in [1.29, 1.82) is 0 Å². The van der Waals surface area contributed by atoms with Crippen LogP contribution in [0.25, 0.3) is 0 Å². The minimum absolute atomic E-state index is 0.516. The third kappa shape index (κ3) is 2.76. The summed E-state index contributed by atoms with van der Waals surface area (Å²) in [5, 5.41) is 7.06. The third-order valence-electron chi connectivity index (χ3n) is 2.78. The first-order chi connectivity index (χ1) is 7.79. The molecule has 5 heteroatoms. The minimum atomic E-state index is 0.516. The quantitative estimate of drug-likeness (QED) is 0.850. The number of halogens is 1. The molecule has 0 saturated heterocycles. The highest BCUT2D eigenvalue weighted by molar-refractivity contribution is 6.32. The number of anilines is 2. The molecule has 0 spiro atoms. The Labute approximate surface area is 101 Å². The second-order valence-corrected chi connectivity index (χ2v) is 4.45. The van der Waals surface area contributed by atoms with Gasteiger partial charge in [-0.1, -0.05) is 24.4 Å². The van der Waals surface area contributed by atoms with Crippen molar-refractivity contribution in [2.24, 2.45) is 0 Å². The van der Waals surface area contributed by atoms with Gasteiger partial charge in [-0.3, -0.25) is 0 Å². The zero-order chi connectivity index (χ0) is 11.4. The Bertz CT molecular complexity index is 350. The molecule has 1 aliphatic carbocycles. The van der Waals surface area contributed by atoms with Crippen LogP contribution in [0.4, 0.5) is 11.8 Å². The number of nitrogens with one attached hydrogen (secondary N) is 2. The van der Waals surface area contributed by atoms with E-state index in [-0.39, 0.29) is 0 Å². The number of aromatic nitrogens is 2. The van der Waals surface area contributed by atoms with Crippen molar-refractivity contribution < 1.29 is 0 Å². The predicted octanol–water partition coefficient (Wildman–Crippen LogP) is 2.92. The van der Waals surface area contributed by atoms with Gasteiger partial charge in [-0.25, -0.2) is 4.98 Å². The van der Waals surface area contributed by atoms with Crippen LogP contribution in [0.5, 0.6) is 0 Å². The SMILES string of the molecule is CCNc1ncc(Cl)c(NC2CCCC2)n1. The van der Waals surface area contributed by atoms with Crippen LogP contribution in [0, 0.1) is 0 Å². The fraction of sp³-hybridized carbons (Fsp3) is 0.636. The largest absolute Gasteiger partial charge is 0.366 e. The molecule has 1 aliphatic rings. The van der Waals surface area contributed by atoms with Gasteiger partial charge in [0, 0.05) is 12.6 Å². The molecule has 2 N–H and O–H groups in total. The molecule has 1 saturated carbocycles. The first-order valence-corrected chi connectivity index (χ1v) is 6.20. The van der Waals surface area contributed by atoms with Gasteiger partial charge in [0.05, 0.1) is 6.20 Å². The third-order valence-corrected chi connectivity index (χ3v) is 3.05. The van der Waals surface area contributed by atoms with Gasteiger partial charge in [0.15, 0.2) is 5.82 Å². The van der Waals surface area contributed by atoms with Crippen LogP contribution >= 0.6 is 11.6 Å². The average Bonchev–Trinajstić information content (AvgIpc) is 2.76. The Morgan fingerprint density at radius 1 is 1.44 bits per heavy atom. The molecule has 2 rings (SSSR count). The lowest BCUT2D eigenvalue weighted by Gasteiger charge is -2.14. The van der Waals surface area contributed by atoms with Crippen LogP contribution in [-0.2, 0) is 0 Å². The molecule has 0 atom stereocenters. The van der Waals surface area contributed by atoms with Gasteiger partial charge in [-0.05, 0) is 19.8 Å². The Morgan fingerprint density at radius 2 is 2.19 bits per heavy atom. The summed E-state index contributed by atoms with van der Waals surface area (Å²) in [5.74, 6) is 1.38. The lowest BCUT2D eigenvalue weighted by molar-refractivity contribution is 0.750. The molecular formula is C11H17ClN4. The van der Waals surface area contributed by atoms with Crippen LogP contribution in [0.2, 0.25) is 5.02 Å². The van der Waals surface area contributed by atoms with Crippen LogP contribution in [-0.4, -0.2) is 22.6 Å². The first-order valence-electron chi connectivity index (χ1n) is 5.82. The van der Waals surface area contributed by atoms with Gasteiger partial charge < -0.3 is 10.6 Å². The first kappa shape index (κ1) is 11.5. The summed E-state index contributed by atoms with van der Waals surface area (Å²) in [6.45, 7) is 2.83. The maximum atomic E-state index is 6.06. The average molecular weight is 241 g/mol. The van der Waals surface area contributed by atoms with E-state index in [1.54, 1.807) is 6.20 Å². The monoisotopic (exact) mass is 240 g/mol. The molecule has 0 unspecified atom stereocenters. The normalized spacial score (nSPS) is 16.4. The lowest BCUT2D eigenvalue weighted by Crippen LogP contribution is -2.16. The van der Waals surface area contributed by atoms with E-state index in [2.05, 4.69) is 20.6 Å². The van der Waals surface area contributed by atoms with Gasteiger partial charge in [0.2, 0.25) is 5.95 Å². The molecule has 88 valence electrons. The van der Waals surface area contributed by atoms with Crippen molar-refractivity contribution in [2.75, 3.05) is 17.2 Å². The summed E-state index contributed by atoms with van der Waals surface area (Å²) in [6, 6.07) is 0.516. The second-order valence-electron chi connectivity index (χ2n) is 4.05. The zero-order valence-corrected chi connectivity index (χ0v) is 10.2. The molecular weight excluding hydrogens is 224 g/mol. The van der Waals surface area contributed by atoms with Gasteiger partial charge in [-0.2, -0.15) is 4.98 Å². The number of hydrogen-bond acceptors (Lipinski definition) is 4. The highest BCUT2D eigenvalue weighted by atomic mass is 35.5. The Kier molecular flexibility index (Phi) is 3.83. The van der Waals surface area contributed by atoms with Gasteiger partial charge in [0.1, 0.15) is 5.02 Å². The van der Waals surface area contributed by atoms with Gasteiger partial charge in [0.25, 0.3) is 0 Å². The fourth-order valence-electron chi connectivity index (χ4n) is 1.98. The molecule has 1 aromatic rings. The summed E-state index contributed by atoms with van der Waals surface area (Å²) in [5.41, 5.74) is 0. The highest BCUT2D eigenvalue weighted by Crippen LogP contribution is 2.25. The van der Waals surface area contributed by atoms with E-state index in [4.69, 9.17) is 11.6 Å². The van der Waals surface area contributed by atoms with Crippen molar-refractivity contribution in [3.05, 3.63) is 11.2 Å². The summed E-state index contributed by atoms with van der Waals surface area (Å²) in [4.78, 5) is 8.47. The van der Waals surface area contributed by atoms with E-state index >= 15 is 0 Å². The summed E-state index contributed by atoms with van der Waals surface area (Å²) < 4.78 is 0. The van der Waals surface area contributed by atoms with E-state index in [9.17, 15) is 0 Å². The summed E-state index contributed by atoms with van der Waals surface area (Å²) >= 11 is 6.06. The van der Waals surface area contributed by atoms with E-state index < -0.39 is 0 Å². The summed E-state index contributed by atoms with van der Waals surface area (Å²) in [6.07, 6.45) is 6.64. The molecule has 0 bridgehead atoms.